The van der Waals surface area contributed by atoms with Crippen LogP contribution in [0.5, 0.6) is 0 Å². The molecule has 0 unspecified atom stereocenters. The molecule has 0 aromatic heterocycles. The van der Waals surface area contributed by atoms with Crippen LogP contribution in [0.3, 0.4) is 0 Å². The van der Waals surface area contributed by atoms with Crippen molar-refractivity contribution in [1.29, 1.82) is 0 Å². The summed E-state index contributed by atoms with van der Waals surface area (Å²) in [6.45, 7) is 6.98. The zero-order chi connectivity index (χ0) is 24.2. The molecule has 2 aromatic carbocycles. The first-order valence-electron chi connectivity index (χ1n) is 9.27. The van der Waals surface area contributed by atoms with Crippen molar-refractivity contribution in [3.63, 3.8) is 0 Å². The lowest BCUT2D eigenvalue weighted by Gasteiger charge is -2.32. The maximum Gasteiger partial charge on any atom is 0.495 e. The minimum atomic E-state index is -5.69. The second-order valence-electron chi connectivity index (χ2n) is 8.13. The van der Waals surface area contributed by atoms with Crippen LogP contribution in [0.2, 0.25) is 0 Å². The summed E-state index contributed by atoms with van der Waals surface area (Å²) in [5, 5.41) is 1.61. The van der Waals surface area contributed by atoms with E-state index < -0.39 is 64.9 Å². The number of halogens is 7. The Morgan fingerprint density at radius 2 is 1.34 bits per heavy atom. The smallest absolute Gasteiger partial charge is 0.399 e. The number of anilines is 1. The van der Waals surface area contributed by atoms with Crippen LogP contribution >= 0.6 is 0 Å². The van der Waals surface area contributed by atoms with E-state index in [1.165, 1.54) is 24.3 Å². The van der Waals surface area contributed by atoms with Crippen molar-refractivity contribution in [2.45, 2.75) is 45.1 Å². The van der Waals surface area contributed by atoms with Crippen LogP contribution in [0.15, 0.2) is 24.3 Å². The van der Waals surface area contributed by atoms with Gasteiger partial charge in [-0.3, -0.25) is 4.79 Å². The van der Waals surface area contributed by atoms with Gasteiger partial charge in [0, 0.05) is 5.56 Å². The third kappa shape index (κ3) is 3.97. The summed E-state index contributed by atoms with van der Waals surface area (Å²) < 4.78 is 106. The molecule has 1 aliphatic rings. The fourth-order valence-electron chi connectivity index (χ4n) is 3.05. The molecule has 32 heavy (non-hydrogen) atoms. The van der Waals surface area contributed by atoms with E-state index in [9.17, 15) is 35.5 Å². The highest BCUT2D eigenvalue weighted by Gasteiger charge is 2.52. The Hall–Kier alpha value is -2.60. The van der Waals surface area contributed by atoms with Gasteiger partial charge in [-0.25, -0.2) is 17.6 Å². The van der Waals surface area contributed by atoms with E-state index in [4.69, 9.17) is 9.31 Å². The van der Waals surface area contributed by atoms with Crippen LogP contribution in [0.1, 0.15) is 43.6 Å². The topological polar surface area (TPSA) is 47.6 Å². The summed E-state index contributed by atoms with van der Waals surface area (Å²) in [4.78, 5) is 12.7. The van der Waals surface area contributed by atoms with Gasteiger partial charge >= 0.3 is 13.3 Å². The van der Waals surface area contributed by atoms with Crippen LogP contribution in [-0.2, 0) is 15.5 Å². The molecule has 0 saturated carbocycles. The van der Waals surface area contributed by atoms with Crippen molar-refractivity contribution in [3.8, 4) is 0 Å². The number of hydrogen-bond acceptors (Lipinski definition) is 3. The van der Waals surface area contributed by atoms with Gasteiger partial charge in [-0.15, -0.1) is 0 Å². The number of rotatable bonds is 3. The normalized spacial score (nSPS) is 17.5. The summed E-state index contributed by atoms with van der Waals surface area (Å²) in [5.74, 6) is -11.4. The van der Waals surface area contributed by atoms with Gasteiger partial charge in [0.1, 0.15) is 11.3 Å². The van der Waals surface area contributed by atoms with E-state index in [0.717, 1.165) is 0 Å². The zero-order valence-corrected chi connectivity index (χ0v) is 17.3. The first-order chi connectivity index (χ1) is 14.6. The Morgan fingerprint density at radius 1 is 0.875 bits per heavy atom. The molecule has 12 heteroatoms. The Kier molecular flexibility index (Phi) is 5.84. The molecule has 0 aliphatic carbocycles. The fraction of sp³-hybridized carbons (Fsp3) is 0.350. The zero-order valence-electron chi connectivity index (χ0n) is 17.3. The average Bonchev–Trinajstić information content (AvgIpc) is 2.89. The largest absolute Gasteiger partial charge is 0.495 e. The lowest BCUT2D eigenvalue weighted by molar-refractivity contribution is -0.143. The number of nitrogens with one attached hydrogen (secondary N) is 1. The molecule has 1 amide bonds. The van der Waals surface area contributed by atoms with Crippen molar-refractivity contribution < 1.29 is 44.8 Å². The molecule has 2 aromatic rings. The minimum absolute atomic E-state index is 0.136. The van der Waals surface area contributed by atoms with Crippen molar-refractivity contribution in [1.82, 2.24) is 0 Å². The van der Waals surface area contributed by atoms with Crippen LogP contribution in [-0.4, -0.2) is 24.2 Å². The lowest BCUT2D eigenvalue weighted by Crippen LogP contribution is -2.41. The molecule has 172 valence electrons. The van der Waals surface area contributed by atoms with Crippen molar-refractivity contribution >= 4 is 24.2 Å². The standard InChI is InChI=1S/C20H17BF7NO3/c1-18(2)19(3,4)32-21(31-18)10-8-6-5-7-9(10)17(30)29-16-14(24)12(22)11(20(26,27)28)13(23)15(16)25/h5-8H,1-4H3,(H,29,30). The van der Waals surface area contributed by atoms with Crippen LogP contribution < -0.4 is 10.8 Å². The summed E-state index contributed by atoms with van der Waals surface area (Å²) in [7, 11) is -1.07. The maximum absolute atomic E-state index is 14.2. The summed E-state index contributed by atoms with van der Waals surface area (Å²) >= 11 is 0. The van der Waals surface area contributed by atoms with E-state index in [1.54, 1.807) is 33.0 Å². The van der Waals surface area contributed by atoms with Gasteiger partial charge in [-0.2, -0.15) is 13.2 Å². The number of amides is 1. The number of carbonyl (C=O) groups is 1. The fourth-order valence-corrected chi connectivity index (χ4v) is 3.05. The van der Waals surface area contributed by atoms with E-state index in [0.29, 0.717) is 0 Å². The van der Waals surface area contributed by atoms with Gasteiger partial charge in [0.2, 0.25) is 0 Å². The molecular weight excluding hydrogens is 446 g/mol. The van der Waals surface area contributed by atoms with Crippen molar-refractivity contribution in [2.75, 3.05) is 5.32 Å². The molecule has 0 atom stereocenters. The molecule has 3 rings (SSSR count). The molecule has 0 radical (unpaired) electrons. The number of carbonyl (C=O) groups excluding carboxylic acids is 1. The molecule has 1 fully saturated rings. The van der Waals surface area contributed by atoms with Gasteiger partial charge in [0.15, 0.2) is 23.3 Å². The molecule has 4 nitrogen and oxygen atoms in total. The van der Waals surface area contributed by atoms with Crippen LogP contribution in [0.25, 0.3) is 0 Å². The highest BCUT2D eigenvalue weighted by molar-refractivity contribution is 6.63. The Bertz CT molecular complexity index is 1040. The molecule has 1 saturated heterocycles. The van der Waals surface area contributed by atoms with Gasteiger partial charge in [-0.05, 0) is 39.2 Å². The van der Waals surface area contributed by atoms with E-state index in [1.807, 2.05) is 0 Å². The van der Waals surface area contributed by atoms with Crippen LogP contribution in [0, 0.1) is 23.3 Å². The maximum atomic E-state index is 14.2. The van der Waals surface area contributed by atoms with E-state index in [2.05, 4.69) is 0 Å². The van der Waals surface area contributed by atoms with Crippen LogP contribution in [0.4, 0.5) is 36.4 Å². The second kappa shape index (κ2) is 7.77. The predicted molar refractivity (Wildman–Crippen MR) is 101 cm³/mol. The molecule has 1 N–H and O–H groups in total. The first-order valence-corrected chi connectivity index (χ1v) is 9.27. The number of benzene rings is 2. The number of alkyl halides is 3. The van der Waals surface area contributed by atoms with E-state index in [-0.39, 0.29) is 11.0 Å². The SMILES string of the molecule is CC1(C)OB(c2ccccc2C(=O)Nc2c(F)c(F)c(C(F)(F)F)c(F)c2F)OC1(C)C. The van der Waals surface area contributed by atoms with Gasteiger partial charge < -0.3 is 14.6 Å². The third-order valence-electron chi connectivity index (χ3n) is 5.50. The van der Waals surface area contributed by atoms with E-state index >= 15 is 0 Å². The molecule has 1 heterocycles. The van der Waals surface area contributed by atoms with Gasteiger partial charge in [0.25, 0.3) is 5.91 Å². The Labute approximate surface area is 178 Å². The van der Waals surface area contributed by atoms with Crippen molar-refractivity contribution in [2.24, 2.45) is 0 Å². The molecule has 0 bridgehead atoms. The quantitative estimate of drug-likeness (QED) is 0.404. The highest BCUT2D eigenvalue weighted by Crippen LogP contribution is 2.39. The number of hydrogen-bond donors (Lipinski definition) is 1. The highest BCUT2D eigenvalue weighted by atomic mass is 19.4. The third-order valence-corrected chi connectivity index (χ3v) is 5.50. The molecule has 0 spiro atoms. The first kappa shape index (κ1) is 24.1. The second-order valence-corrected chi connectivity index (χ2v) is 8.13. The Morgan fingerprint density at radius 3 is 1.81 bits per heavy atom. The summed E-state index contributed by atoms with van der Waals surface area (Å²) in [6.07, 6.45) is -5.69. The van der Waals surface area contributed by atoms with Crippen molar-refractivity contribution in [3.05, 3.63) is 58.7 Å². The lowest BCUT2D eigenvalue weighted by atomic mass is 9.75. The summed E-state index contributed by atoms with van der Waals surface area (Å²) in [6, 6.07) is 5.57. The monoisotopic (exact) mass is 463 g/mol. The van der Waals surface area contributed by atoms with Gasteiger partial charge in [0.05, 0.1) is 11.2 Å². The minimum Gasteiger partial charge on any atom is -0.399 e. The van der Waals surface area contributed by atoms with Gasteiger partial charge in [-0.1, -0.05) is 18.2 Å². The Balaban J connectivity index is 2.01. The average molecular weight is 463 g/mol. The summed E-state index contributed by atoms with van der Waals surface area (Å²) in [5.41, 5.74) is -6.11. The molecule has 1 aliphatic heterocycles. The predicted octanol–water partition coefficient (Wildman–Crippen LogP) is 4.81. The molecular formula is C20H17BF7NO3.